The molecule has 42 heavy (non-hydrogen) atoms. The van der Waals surface area contributed by atoms with Gasteiger partial charge in [-0.25, -0.2) is 18.2 Å². The van der Waals surface area contributed by atoms with Gasteiger partial charge in [0, 0.05) is 49.7 Å². The molecule has 2 aromatic heterocycles. The van der Waals surface area contributed by atoms with E-state index in [1.165, 1.54) is 11.1 Å². The first kappa shape index (κ1) is 33.0. The minimum atomic E-state index is -1.35. The van der Waals surface area contributed by atoms with E-state index >= 15 is 0 Å². The van der Waals surface area contributed by atoms with Crippen molar-refractivity contribution < 1.29 is 4.21 Å². The Hall–Kier alpha value is -3.53. The van der Waals surface area contributed by atoms with Crippen LogP contribution in [0.2, 0.25) is 0 Å². The Morgan fingerprint density at radius 1 is 1.05 bits per heavy atom. The second kappa shape index (κ2) is 16.2. The van der Waals surface area contributed by atoms with E-state index < -0.39 is 11.2 Å². The molecular formula is C33H47N7OS. The Morgan fingerprint density at radius 3 is 2.38 bits per heavy atom. The summed E-state index contributed by atoms with van der Waals surface area (Å²) in [6, 6.07) is 12.3. The molecule has 0 aliphatic heterocycles. The zero-order valence-electron chi connectivity index (χ0n) is 26.4. The third-order valence-electron chi connectivity index (χ3n) is 6.95. The molecule has 0 saturated carbocycles. The summed E-state index contributed by atoms with van der Waals surface area (Å²) in [5.41, 5.74) is 8.88. The quantitative estimate of drug-likeness (QED) is 0.202. The van der Waals surface area contributed by atoms with E-state index in [1.807, 2.05) is 50.4 Å². The van der Waals surface area contributed by atoms with Gasteiger partial charge in [-0.05, 0) is 77.5 Å². The summed E-state index contributed by atoms with van der Waals surface area (Å²) in [7, 11) is 5.84. The second-order valence-corrected chi connectivity index (χ2v) is 12.0. The van der Waals surface area contributed by atoms with Gasteiger partial charge in [0.15, 0.2) is 11.2 Å². The fourth-order valence-electron chi connectivity index (χ4n) is 4.25. The standard InChI is InChI=1S/C33H47N7OS/c1-9-12-31(34-22-27-15-18-33(35-23-27)37-42(41)39(8)20-19-38(6)7)29(11-3)30-24-36-40(32(30)21-25(4)10-2)28-16-13-26(5)14-17-28/h11-18,21,23-24,34H,9-10,19-20,22H2,1-8H3,(H,35,37)/b25-21+,29-11+,31-12+. The van der Waals surface area contributed by atoms with Gasteiger partial charge >= 0.3 is 0 Å². The maximum Gasteiger partial charge on any atom is 0.197 e. The van der Waals surface area contributed by atoms with E-state index in [9.17, 15) is 4.21 Å². The van der Waals surface area contributed by atoms with Crippen molar-refractivity contribution in [2.45, 2.75) is 54.0 Å². The molecule has 0 fully saturated rings. The van der Waals surface area contributed by atoms with Crippen LogP contribution in [-0.4, -0.2) is 62.4 Å². The number of aryl methyl sites for hydroxylation is 1. The highest BCUT2D eigenvalue weighted by molar-refractivity contribution is 7.84. The number of hydrogen-bond donors (Lipinski definition) is 2. The summed E-state index contributed by atoms with van der Waals surface area (Å²) in [5.74, 6) is 0.582. The lowest BCUT2D eigenvalue weighted by Gasteiger charge is -2.19. The third kappa shape index (κ3) is 9.24. The topological polar surface area (TPSA) is 78.3 Å². The molecule has 0 amide bonds. The Balaban J connectivity index is 1.80. The molecule has 226 valence electrons. The molecule has 0 saturated heterocycles. The number of pyridine rings is 1. The Morgan fingerprint density at radius 2 is 1.79 bits per heavy atom. The normalized spacial score (nSPS) is 13.6. The zero-order chi connectivity index (χ0) is 30.6. The smallest absolute Gasteiger partial charge is 0.197 e. The largest absolute Gasteiger partial charge is 0.381 e. The molecule has 9 heteroatoms. The lowest BCUT2D eigenvalue weighted by molar-refractivity contribution is 0.367. The monoisotopic (exact) mass is 589 g/mol. The Labute approximate surface area is 255 Å². The van der Waals surface area contributed by atoms with Crippen molar-refractivity contribution in [2.24, 2.45) is 0 Å². The average Bonchev–Trinajstić information content (AvgIpc) is 3.38. The Bertz CT molecular complexity index is 1400. The van der Waals surface area contributed by atoms with Crippen LogP contribution >= 0.6 is 0 Å². The van der Waals surface area contributed by atoms with Crippen LogP contribution in [0.4, 0.5) is 5.82 Å². The van der Waals surface area contributed by atoms with Crippen LogP contribution in [0.3, 0.4) is 0 Å². The molecule has 0 aliphatic rings. The van der Waals surface area contributed by atoms with E-state index in [1.54, 1.807) is 4.31 Å². The van der Waals surface area contributed by atoms with Crippen LogP contribution in [0.25, 0.3) is 17.3 Å². The molecule has 8 nitrogen and oxygen atoms in total. The van der Waals surface area contributed by atoms with Gasteiger partial charge < -0.3 is 10.2 Å². The molecule has 2 N–H and O–H groups in total. The summed E-state index contributed by atoms with van der Waals surface area (Å²) in [5, 5.41) is 8.47. The maximum atomic E-state index is 12.6. The molecule has 1 unspecified atom stereocenters. The van der Waals surface area contributed by atoms with Gasteiger partial charge in [0.2, 0.25) is 0 Å². The molecule has 0 aliphatic carbocycles. The number of likely N-dealkylation sites (N-methyl/N-ethyl adjacent to an activating group) is 2. The highest BCUT2D eigenvalue weighted by Crippen LogP contribution is 2.29. The zero-order valence-corrected chi connectivity index (χ0v) is 27.3. The first-order chi connectivity index (χ1) is 20.2. The summed E-state index contributed by atoms with van der Waals surface area (Å²) in [4.78, 5) is 6.57. The van der Waals surface area contributed by atoms with E-state index in [4.69, 9.17) is 5.10 Å². The van der Waals surface area contributed by atoms with Crippen LogP contribution in [0.1, 0.15) is 62.9 Å². The highest BCUT2D eigenvalue weighted by atomic mass is 32.2. The van der Waals surface area contributed by atoms with Crippen molar-refractivity contribution in [1.29, 1.82) is 0 Å². The lowest BCUT2D eigenvalue weighted by Crippen LogP contribution is -2.33. The highest BCUT2D eigenvalue weighted by Gasteiger charge is 2.17. The summed E-state index contributed by atoms with van der Waals surface area (Å²) in [6.45, 7) is 12.8. The first-order valence-electron chi connectivity index (χ1n) is 14.6. The number of nitrogens with one attached hydrogen (secondary N) is 2. The van der Waals surface area contributed by atoms with Crippen LogP contribution in [0.5, 0.6) is 0 Å². The van der Waals surface area contributed by atoms with Gasteiger partial charge in [-0.15, -0.1) is 0 Å². The predicted octanol–water partition coefficient (Wildman–Crippen LogP) is 6.36. The SMILES string of the molecule is C/C=C(/C(=C\CC)NCc1ccc(NS(=O)N(C)CCN(C)C)nc1)c1cnn(-c2ccc(C)cc2)c1/C=C(\C)CC. The number of nitrogens with zero attached hydrogens (tertiary/aromatic N) is 5. The number of hydrogen-bond acceptors (Lipinski definition) is 5. The minimum absolute atomic E-state index is 0.582. The van der Waals surface area contributed by atoms with Crippen molar-refractivity contribution in [2.75, 3.05) is 39.0 Å². The molecule has 2 heterocycles. The molecule has 0 radical (unpaired) electrons. The maximum absolute atomic E-state index is 12.6. The molecule has 3 rings (SSSR count). The third-order valence-corrected chi connectivity index (χ3v) is 8.08. The van der Waals surface area contributed by atoms with Crippen LogP contribution in [0.15, 0.2) is 72.2 Å². The van der Waals surface area contributed by atoms with Crippen molar-refractivity contribution in [3.05, 3.63) is 94.6 Å². The first-order valence-corrected chi connectivity index (χ1v) is 15.7. The van der Waals surface area contributed by atoms with Gasteiger partial charge in [-0.1, -0.05) is 55.3 Å². The molecule has 1 atom stereocenters. The van der Waals surface area contributed by atoms with Gasteiger partial charge in [-0.2, -0.15) is 5.10 Å². The predicted molar refractivity (Wildman–Crippen MR) is 178 cm³/mol. The fourth-order valence-corrected chi connectivity index (χ4v) is 4.95. The summed E-state index contributed by atoms with van der Waals surface area (Å²) >= 11 is -1.35. The van der Waals surface area contributed by atoms with Crippen molar-refractivity contribution >= 4 is 28.6 Å². The van der Waals surface area contributed by atoms with Crippen molar-refractivity contribution in [3.63, 3.8) is 0 Å². The number of aromatic nitrogens is 3. The van der Waals surface area contributed by atoms with Crippen LogP contribution < -0.4 is 10.0 Å². The van der Waals surface area contributed by atoms with Crippen LogP contribution in [-0.2, 0) is 17.7 Å². The average molecular weight is 590 g/mol. The number of allylic oxidation sites excluding steroid dienone is 4. The number of rotatable bonds is 15. The summed E-state index contributed by atoms with van der Waals surface area (Å²) < 4.78 is 19.4. The minimum Gasteiger partial charge on any atom is -0.381 e. The molecule has 1 aromatic carbocycles. The van der Waals surface area contributed by atoms with Gasteiger partial charge in [0.1, 0.15) is 5.82 Å². The van der Waals surface area contributed by atoms with Gasteiger partial charge in [0.05, 0.1) is 17.6 Å². The lowest BCUT2D eigenvalue weighted by atomic mass is 10.00. The number of anilines is 1. The second-order valence-electron chi connectivity index (χ2n) is 10.7. The molecule has 0 spiro atoms. The van der Waals surface area contributed by atoms with Gasteiger partial charge in [0.25, 0.3) is 0 Å². The molecule has 3 aromatic rings. The van der Waals surface area contributed by atoms with Crippen molar-refractivity contribution in [3.8, 4) is 5.69 Å². The fraction of sp³-hybridized carbons (Fsp3) is 0.394. The van der Waals surface area contributed by atoms with E-state index in [2.05, 4.69) is 97.0 Å². The van der Waals surface area contributed by atoms with E-state index in [0.29, 0.717) is 18.9 Å². The molecule has 0 bridgehead atoms. The summed E-state index contributed by atoms with van der Waals surface area (Å²) in [6.07, 6.45) is 12.3. The van der Waals surface area contributed by atoms with Crippen LogP contribution in [0, 0.1) is 6.92 Å². The Kier molecular flexibility index (Phi) is 12.7. The molecular weight excluding hydrogens is 542 g/mol. The number of benzene rings is 1. The van der Waals surface area contributed by atoms with Gasteiger partial charge in [-0.3, -0.25) is 4.72 Å². The van der Waals surface area contributed by atoms with E-state index in [0.717, 1.165) is 53.2 Å². The van der Waals surface area contributed by atoms with E-state index in [-0.39, 0.29) is 0 Å². The van der Waals surface area contributed by atoms with Crippen molar-refractivity contribution in [1.82, 2.24) is 29.3 Å².